The summed E-state index contributed by atoms with van der Waals surface area (Å²) in [5, 5.41) is 5.18. The molecule has 0 aliphatic carbocycles. The van der Waals surface area contributed by atoms with Crippen LogP contribution in [0.1, 0.15) is 37.6 Å². The van der Waals surface area contributed by atoms with Crippen molar-refractivity contribution < 1.29 is 14.3 Å². The lowest BCUT2D eigenvalue weighted by molar-refractivity contribution is -0.142. The number of halogens is 3. The summed E-state index contributed by atoms with van der Waals surface area (Å²) in [5.74, 6) is 0.388. The van der Waals surface area contributed by atoms with E-state index in [4.69, 9.17) is 16.3 Å². The van der Waals surface area contributed by atoms with Crippen LogP contribution in [-0.2, 0) is 9.53 Å². The monoisotopic (exact) mass is 583 g/mol. The number of hydrogen-bond donors (Lipinski definition) is 0. The van der Waals surface area contributed by atoms with E-state index in [1.807, 2.05) is 26.0 Å². The Kier molecular flexibility index (Phi) is 8.08. The minimum absolute atomic E-state index is 0.0253. The van der Waals surface area contributed by atoms with Crippen molar-refractivity contribution in [1.82, 2.24) is 9.66 Å². The van der Waals surface area contributed by atoms with E-state index in [1.54, 1.807) is 18.2 Å². The second-order valence-electron chi connectivity index (χ2n) is 6.98. The lowest BCUT2D eigenvalue weighted by atomic mass is 10.1. The Labute approximate surface area is 206 Å². The van der Waals surface area contributed by atoms with Gasteiger partial charge in [0.1, 0.15) is 5.82 Å². The van der Waals surface area contributed by atoms with Crippen LogP contribution in [0.25, 0.3) is 10.9 Å². The molecule has 1 atom stereocenters. The maximum atomic E-state index is 13.2. The largest absolute Gasteiger partial charge is 0.479 e. The molecular weight excluding hydrogens is 566 g/mol. The Morgan fingerprint density at radius 3 is 2.72 bits per heavy atom. The van der Waals surface area contributed by atoms with Gasteiger partial charge in [0.05, 0.1) is 33.7 Å². The van der Waals surface area contributed by atoms with E-state index in [-0.39, 0.29) is 23.1 Å². The summed E-state index contributed by atoms with van der Waals surface area (Å²) in [6, 6.07) is 8.75. The predicted molar refractivity (Wildman–Crippen MR) is 132 cm³/mol. The molecule has 0 fully saturated rings. The fraction of sp³-hybridized carbons (Fsp3) is 0.273. The molecule has 1 aromatic heterocycles. The standard InChI is InChI=1S/C22H20Br2ClN3O4/c1-4-12(2)21-27-18-6-5-14(23)9-15(18)22(30)28(21)26-10-13-7-16(24)20(17(25)8-13)32-11-19(29)31-3/h5-10,12H,4,11H2,1-3H3/t12-/m1/s1. The normalized spacial score (nSPS) is 12.3. The predicted octanol–water partition coefficient (Wildman–Crippen LogP) is 5.52. The molecule has 2 aromatic carbocycles. The van der Waals surface area contributed by atoms with Crippen LogP contribution < -0.4 is 10.3 Å². The molecule has 0 aliphatic rings. The summed E-state index contributed by atoms with van der Waals surface area (Å²) in [6.45, 7) is 3.76. The van der Waals surface area contributed by atoms with E-state index < -0.39 is 5.97 Å². The quantitative estimate of drug-likeness (QED) is 0.269. The molecular formula is C22H20Br2ClN3O4. The highest BCUT2D eigenvalue weighted by Gasteiger charge is 2.16. The molecule has 0 bridgehead atoms. The van der Waals surface area contributed by atoms with Crippen LogP contribution >= 0.6 is 43.5 Å². The molecule has 0 saturated heterocycles. The molecule has 0 unspecified atom stereocenters. The number of carbonyl (C=O) groups is 1. The van der Waals surface area contributed by atoms with Gasteiger partial charge in [-0.2, -0.15) is 9.78 Å². The topological polar surface area (TPSA) is 82.8 Å². The van der Waals surface area contributed by atoms with Crippen molar-refractivity contribution in [3.8, 4) is 5.75 Å². The maximum absolute atomic E-state index is 13.2. The third kappa shape index (κ3) is 5.39. The van der Waals surface area contributed by atoms with Crippen LogP contribution in [0.2, 0.25) is 5.02 Å². The van der Waals surface area contributed by atoms with Crippen molar-refractivity contribution in [1.29, 1.82) is 0 Å². The van der Waals surface area contributed by atoms with E-state index in [1.165, 1.54) is 18.0 Å². The highest BCUT2D eigenvalue weighted by atomic mass is 79.9. The molecule has 3 aromatic rings. The number of ether oxygens (including phenoxy) is 2. The summed E-state index contributed by atoms with van der Waals surface area (Å²) in [5.41, 5.74) is 0.993. The third-order valence-corrected chi connectivity index (χ3v) is 6.15. The highest BCUT2D eigenvalue weighted by molar-refractivity contribution is 9.10. The number of esters is 1. The molecule has 0 N–H and O–H groups in total. The lowest BCUT2D eigenvalue weighted by Crippen LogP contribution is -2.23. The summed E-state index contributed by atoms with van der Waals surface area (Å²) in [6.07, 6.45) is 2.33. The van der Waals surface area contributed by atoms with E-state index in [9.17, 15) is 9.59 Å². The second-order valence-corrected chi connectivity index (χ2v) is 9.16. The van der Waals surface area contributed by atoms with Crippen LogP contribution in [0.4, 0.5) is 0 Å². The van der Waals surface area contributed by atoms with Crippen molar-refractivity contribution in [3.05, 3.63) is 66.0 Å². The number of fused-ring (bicyclic) bond motifs is 1. The fourth-order valence-corrected chi connectivity index (χ4v) is 4.24. The molecule has 0 aliphatic heterocycles. The van der Waals surface area contributed by atoms with Crippen molar-refractivity contribution in [2.45, 2.75) is 26.2 Å². The third-order valence-electron chi connectivity index (χ3n) is 4.79. The van der Waals surface area contributed by atoms with Gasteiger partial charge in [0.25, 0.3) is 5.56 Å². The van der Waals surface area contributed by atoms with Gasteiger partial charge < -0.3 is 9.47 Å². The molecule has 1 heterocycles. The van der Waals surface area contributed by atoms with Gasteiger partial charge in [-0.25, -0.2) is 9.78 Å². The lowest BCUT2D eigenvalue weighted by Gasteiger charge is -2.14. The van der Waals surface area contributed by atoms with E-state index in [0.717, 1.165) is 10.9 Å². The number of aromatic nitrogens is 2. The van der Waals surface area contributed by atoms with Gasteiger partial charge in [0.15, 0.2) is 12.4 Å². The zero-order valence-electron chi connectivity index (χ0n) is 17.6. The van der Waals surface area contributed by atoms with Crippen LogP contribution in [0.15, 0.2) is 49.2 Å². The first kappa shape index (κ1) is 24.4. The zero-order chi connectivity index (χ0) is 23.4. The van der Waals surface area contributed by atoms with Gasteiger partial charge in [-0.05, 0) is 58.2 Å². The Morgan fingerprint density at radius 1 is 1.31 bits per heavy atom. The number of carbonyl (C=O) groups excluding carboxylic acids is 1. The van der Waals surface area contributed by atoms with Gasteiger partial charge in [-0.15, -0.1) is 0 Å². The molecule has 32 heavy (non-hydrogen) atoms. The number of rotatable bonds is 7. The molecule has 0 amide bonds. The van der Waals surface area contributed by atoms with Crippen LogP contribution in [0.5, 0.6) is 5.75 Å². The Morgan fingerprint density at radius 2 is 2.06 bits per heavy atom. The van der Waals surface area contributed by atoms with Crippen LogP contribution in [0, 0.1) is 0 Å². The van der Waals surface area contributed by atoms with Gasteiger partial charge >= 0.3 is 5.97 Å². The van der Waals surface area contributed by atoms with E-state index in [2.05, 4.69) is 46.7 Å². The maximum Gasteiger partial charge on any atom is 0.343 e. The number of nitrogens with zero attached hydrogens (tertiary/aromatic N) is 3. The minimum Gasteiger partial charge on any atom is -0.479 e. The highest BCUT2D eigenvalue weighted by Crippen LogP contribution is 2.34. The van der Waals surface area contributed by atoms with E-state index >= 15 is 0 Å². The minimum atomic E-state index is -0.522. The fourth-order valence-electron chi connectivity index (χ4n) is 2.89. The molecule has 168 valence electrons. The van der Waals surface area contributed by atoms with Gasteiger partial charge in [0.2, 0.25) is 0 Å². The molecule has 0 spiro atoms. The smallest absolute Gasteiger partial charge is 0.343 e. The number of methoxy groups -OCH3 is 1. The summed E-state index contributed by atoms with van der Waals surface area (Å²) >= 11 is 13.1. The summed E-state index contributed by atoms with van der Waals surface area (Å²) in [4.78, 5) is 29.2. The molecule has 10 heteroatoms. The summed E-state index contributed by atoms with van der Waals surface area (Å²) < 4.78 is 12.6. The average molecular weight is 586 g/mol. The summed E-state index contributed by atoms with van der Waals surface area (Å²) in [7, 11) is 1.28. The Balaban J connectivity index is 2.03. The first-order valence-electron chi connectivity index (χ1n) is 9.70. The molecule has 3 rings (SSSR count). The van der Waals surface area contributed by atoms with Crippen molar-refractivity contribution in [3.63, 3.8) is 0 Å². The number of benzene rings is 2. The van der Waals surface area contributed by atoms with Gasteiger partial charge in [0, 0.05) is 10.4 Å². The Bertz CT molecular complexity index is 1240. The van der Waals surface area contributed by atoms with Crippen molar-refractivity contribution in [2.75, 3.05) is 13.7 Å². The van der Waals surface area contributed by atoms with Gasteiger partial charge in [-0.3, -0.25) is 4.79 Å². The SMILES string of the molecule is CC[C@@H](C)c1nc2ccc(Br)cc2c(=O)n1N=Cc1cc(Cl)c(OCC(=O)OC)c(Br)c1. The van der Waals surface area contributed by atoms with Crippen molar-refractivity contribution >= 4 is 66.5 Å². The van der Waals surface area contributed by atoms with Crippen molar-refractivity contribution in [2.24, 2.45) is 5.10 Å². The number of hydrogen-bond acceptors (Lipinski definition) is 6. The molecule has 0 saturated carbocycles. The first-order valence-corrected chi connectivity index (χ1v) is 11.7. The van der Waals surface area contributed by atoms with E-state index in [0.29, 0.717) is 32.5 Å². The average Bonchev–Trinajstić information content (AvgIpc) is 2.77. The van der Waals surface area contributed by atoms with Gasteiger partial charge in [-0.1, -0.05) is 41.4 Å². The Hall–Kier alpha value is -2.23. The molecule has 7 nitrogen and oxygen atoms in total. The zero-order valence-corrected chi connectivity index (χ0v) is 21.5. The first-order chi connectivity index (χ1) is 15.2. The van der Waals surface area contributed by atoms with Crippen LogP contribution in [-0.4, -0.2) is 35.6 Å². The van der Waals surface area contributed by atoms with Crippen LogP contribution in [0.3, 0.4) is 0 Å². The molecule has 0 radical (unpaired) electrons. The second kappa shape index (κ2) is 10.6.